The van der Waals surface area contributed by atoms with Gasteiger partial charge in [0.05, 0.1) is 0 Å². The molecule has 122 valence electrons. The predicted octanol–water partition coefficient (Wildman–Crippen LogP) is 3.71. The second kappa shape index (κ2) is 6.57. The van der Waals surface area contributed by atoms with Crippen LogP contribution in [0.3, 0.4) is 0 Å². The summed E-state index contributed by atoms with van der Waals surface area (Å²) in [6.45, 7) is 0.778. The minimum atomic E-state index is 0.109. The first-order chi connectivity index (χ1) is 11.8. The van der Waals surface area contributed by atoms with Crippen LogP contribution in [0, 0.1) is 0 Å². The van der Waals surface area contributed by atoms with Crippen molar-refractivity contribution in [3.8, 4) is 11.4 Å². The molecule has 6 heteroatoms. The molecule has 0 saturated heterocycles. The Morgan fingerprint density at radius 3 is 3.08 bits per heavy atom. The fourth-order valence-electron chi connectivity index (χ4n) is 3.01. The number of thiophene rings is 1. The van der Waals surface area contributed by atoms with Crippen LogP contribution in [-0.4, -0.2) is 22.6 Å². The molecule has 3 aromatic rings. The molecule has 1 aliphatic rings. The highest BCUT2D eigenvalue weighted by Crippen LogP contribution is 2.27. The fraction of sp³-hybridized carbons (Fsp3) is 0.278. The third kappa shape index (κ3) is 2.97. The number of aryl methyl sites for hydroxylation is 2. The molecule has 0 atom stereocenters. The average Bonchev–Trinajstić information content (AvgIpc) is 3.30. The van der Waals surface area contributed by atoms with Crippen molar-refractivity contribution >= 4 is 22.9 Å². The Labute approximate surface area is 143 Å². The summed E-state index contributed by atoms with van der Waals surface area (Å²) in [6, 6.07) is 10.1. The zero-order valence-corrected chi connectivity index (χ0v) is 14.0. The molecule has 1 aliphatic heterocycles. The summed E-state index contributed by atoms with van der Waals surface area (Å²) < 4.78 is 5.27. The third-order valence-electron chi connectivity index (χ3n) is 4.21. The number of hydrogen-bond donors (Lipinski definition) is 0. The molecular formula is C18H17N3O2S. The Kier molecular flexibility index (Phi) is 4.13. The van der Waals surface area contributed by atoms with E-state index in [4.69, 9.17) is 4.52 Å². The summed E-state index contributed by atoms with van der Waals surface area (Å²) in [5.41, 5.74) is 3.24. The summed E-state index contributed by atoms with van der Waals surface area (Å²) in [7, 11) is 0. The highest BCUT2D eigenvalue weighted by molar-refractivity contribution is 7.08. The van der Waals surface area contributed by atoms with Crippen molar-refractivity contribution in [2.45, 2.75) is 25.7 Å². The number of nitrogens with zero attached hydrogens (tertiary/aromatic N) is 3. The van der Waals surface area contributed by atoms with Crippen LogP contribution in [0.4, 0.5) is 5.69 Å². The third-order valence-corrected chi connectivity index (χ3v) is 4.89. The summed E-state index contributed by atoms with van der Waals surface area (Å²) in [5.74, 6) is 1.20. The standard InChI is InChI=1S/C18H17N3O2S/c22-17(21-10-3-5-13-4-1-2-6-15(13)21)8-7-16-19-18(20-23-16)14-9-11-24-12-14/h1-2,4,6,9,11-12H,3,5,7-8,10H2. The van der Waals surface area contributed by atoms with Gasteiger partial charge in [-0.25, -0.2) is 0 Å². The van der Waals surface area contributed by atoms with E-state index in [0.29, 0.717) is 24.6 Å². The molecule has 24 heavy (non-hydrogen) atoms. The molecule has 1 amide bonds. The van der Waals surface area contributed by atoms with Crippen LogP contribution in [0.1, 0.15) is 24.3 Å². The molecule has 0 aliphatic carbocycles. The van der Waals surface area contributed by atoms with Gasteiger partial charge in [0.1, 0.15) is 0 Å². The molecule has 0 unspecified atom stereocenters. The smallest absolute Gasteiger partial charge is 0.227 e. The van der Waals surface area contributed by atoms with Gasteiger partial charge in [0.15, 0.2) is 0 Å². The minimum absolute atomic E-state index is 0.109. The number of carbonyl (C=O) groups excluding carboxylic acids is 1. The predicted molar refractivity (Wildman–Crippen MR) is 93.0 cm³/mol. The van der Waals surface area contributed by atoms with Gasteiger partial charge in [-0.3, -0.25) is 4.79 Å². The second-order valence-electron chi connectivity index (χ2n) is 5.80. The Morgan fingerprint density at radius 1 is 1.29 bits per heavy atom. The van der Waals surface area contributed by atoms with Crippen LogP contribution in [0.5, 0.6) is 0 Å². The Morgan fingerprint density at radius 2 is 2.21 bits per heavy atom. The van der Waals surface area contributed by atoms with Crippen molar-refractivity contribution in [1.82, 2.24) is 10.1 Å². The van der Waals surface area contributed by atoms with Crippen LogP contribution in [0.15, 0.2) is 45.6 Å². The first-order valence-corrected chi connectivity index (χ1v) is 8.99. The van der Waals surface area contributed by atoms with Gasteiger partial charge >= 0.3 is 0 Å². The normalized spacial score (nSPS) is 13.8. The molecule has 2 aromatic heterocycles. The summed E-state index contributed by atoms with van der Waals surface area (Å²) >= 11 is 1.59. The number of fused-ring (bicyclic) bond motifs is 1. The van der Waals surface area contributed by atoms with Crippen molar-refractivity contribution in [3.63, 3.8) is 0 Å². The van der Waals surface area contributed by atoms with Crippen LogP contribution >= 0.6 is 11.3 Å². The van der Waals surface area contributed by atoms with Crippen molar-refractivity contribution in [2.75, 3.05) is 11.4 Å². The van der Waals surface area contributed by atoms with Crippen molar-refractivity contribution < 1.29 is 9.32 Å². The number of rotatable bonds is 4. The van der Waals surface area contributed by atoms with E-state index in [1.807, 2.05) is 39.9 Å². The number of benzene rings is 1. The van der Waals surface area contributed by atoms with Gasteiger partial charge in [-0.2, -0.15) is 16.3 Å². The number of carbonyl (C=O) groups is 1. The molecule has 0 fully saturated rings. The van der Waals surface area contributed by atoms with Gasteiger partial charge in [0, 0.05) is 36.0 Å². The topological polar surface area (TPSA) is 59.2 Å². The van der Waals surface area contributed by atoms with Crippen LogP contribution in [0.2, 0.25) is 0 Å². The summed E-state index contributed by atoms with van der Waals surface area (Å²) in [5, 5.41) is 7.93. The van der Waals surface area contributed by atoms with Gasteiger partial charge in [0.25, 0.3) is 0 Å². The lowest BCUT2D eigenvalue weighted by Gasteiger charge is -2.29. The van der Waals surface area contributed by atoms with Crippen molar-refractivity contribution in [2.24, 2.45) is 0 Å². The van der Waals surface area contributed by atoms with E-state index in [0.717, 1.165) is 30.6 Å². The van der Waals surface area contributed by atoms with E-state index in [-0.39, 0.29) is 5.91 Å². The van der Waals surface area contributed by atoms with Crippen molar-refractivity contribution in [1.29, 1.82) is 0 Å². The summed E-state index contributed by atoms with van der Waals surface area (Å²) in [6.07, 6.45) is 2.88. The van der Waals surface area contributed by atoms with Gasteiger partial charge in [-0.05, 0) is 35.9 Å². The van der Waals surface area contributed by atoms with E-state index in [1.54, 1.807) is 11.3 Å². The first kappa shape index (κ1) is 15.1. The number of aromatic nitrogens is 2. The molecule has 3 heterocycles. The van der Waals surface area contributed by atoms with Gasteiger partial charge in [-0.1, -0.05) is 23.4 Å². The fourth-order valence-corrected chi connectivity index (χ4v) is 3.64. The second-order valence-corrected chi connectivity index (χ2v) is 6.58. The van der Waals surface area contributed by atoms with Gasteiger partial charge in [-0.15, -0.1) is 0 Å². The maximum Gasteiger partial charge on any atom is 0.227 e. The quantitative estimate of drug-likeness (QED) is 0.727. The average molecular weight is 339 g/mol. The molecule has 0 spiro atoms. The maximum atomic E-state index is 12.6. The molecule has 0 bridgehead atoms. The van der Waals surface area contributed by atoms with E-state index < -0.39 is 0 Å². The summed E-state index contributed by atoms with van der Waals surface area (Å²) in [4.78, 5) is 18.9. The monoisotopic (exact) mass is 339 g/mol. The maximum absolute atomic E-state index is 12.6. The molecule has 1 aromatic carbocycles. The Balaban J connectivity index is 1.43. The zero-order chi connectivity index (χ0) is 16.4. The van der Waals surface area contributed by atoms with Crippen LogP contribution in [-0.2, 0) is 17.6 Å². The minimum Gasteiger partial charge on any atom is -0.339 e. The molecule has 0 N–H and O–H groups in total. The zero-order valence-electron chi connectivity index (χ0n) is 13.1. The first-order valence-electron chi connectivity index (χ1n) is 8.05. The Bertz CT molecular complexity index is 842. The molecule has 4 rings (SSSR count). The van der Waals surface area contributed by atoms with E-state index in [2.05, 4.69) is 16.2 Å². The molecule has 0 radical (unpaired) electrons. The molecular weight excluding hydrogens is 322 g/mol. The van der Waals surface area contributed by atoms with Crippen LogP contribution < -0.4 is 4.90 Å². The largest absolute Gasteiger partial charge is 0.339 e. The highest BCUT2D eigenvalue weighted by atomic mass is 32.1. The number of anilines is 1. The molecule has 0 saturated carbocycles. The van der Waals surface area contributed by atoms with Gasteiger partial charge < -0.3 is 9.42 Å². The van der Waals surface area contributed by atoms with Crippen molar-refractivity contribution in [3.05, 3.63) is 52.5 Å². The lowest BCUT2D eigenvalue weighted by atomic mass is 10.0. The number of para-hydroxylation sites is 1. The lowest BCUT2D eigenvalue weighted by Crippen LogP contribution is -2.35. The SMILES string of the molecule is O=C(CCc1nc(-c2ccsc2)no1)N1CCCc2ccccc21. The van der Waals surface area contributed by atoms with E-state index in [1.165, 1.54) is 5.56 Å². The highest BCUT2D eigenvalue weighted by Gasteiger charge is 2.22. The number of hydrogen-bond acceptors (Lipinski definition) is 5. The molecule has 5 nitrogen and oxygen atoms in total. The van der Waals surface area contributed by atoms with Crippen LogP contribution in [0.25, 0.3) is 11.4 Å². The van der Waals surface area contributed by atoms with E-state index >= 15 is 0 Å². The lowest BCUT2D eigenvalue weighted by molar-refractivity contribution is -0.118. The number of amides is 1. The van der Waals surface area contributed by atoms with Gasteiger partial charge in [0.2, 0.25) is 17.6 Å². The van der Waals surface area contributed by atoms with E-state index in [9.17, 15) is 4.79 Å². The Hall–Kier alpha value is -2.47.